The van der Waals surface area contributed by atoms with Crippen molar-refractivity contribution in [1.29, 1.82) is 0 Å². The Morgan fingerprint density at radius 1 is 0.724 bits per heavy atom. The lowest BCUT2D eigenvalue weighted by molar-refractivity contribution is 0.473. The topological polar surface area (TPSA) is 12.5 Å². The van der Waals surface area contributed by atoms with Gasteiger partial charge in [-0.15, -0.1) is 0 Å². The summed E-state index contributed by atoms with van der Waals surface area (Å²) in [5, 5.41) is 4.25. The van der Waals surface area contributed by atoms with Gasteiger partial charge in [-0.3, -0.25) is 0 Å². The summed E-state index contributed by atoms with van der Waals surface area (Å²) >= 11 is 0. The molecule has 1 heterocycles. The molecule has 0 radical (unpaired) electrons. The van der Waals surface area contributed by atoms with E-state index in [0.717, 1.165) is 46.6 Å². The van der Waals surface area contributed by atoms with Crippen LogP contribution in [0.5, 0.6) is 11.5 Å². The Kier molecular flexibility index (Phi) is 4.59. The smallest absolute Gasteiger partial charge is 0.151 e. The molecule has 0 aromatic heterocycles. The SMILES string of the molecule is CCCCCCN1c2cc3ccccc3cc2Oc2cc3ccc(F)cc3cc21. The van der Waals surface area contributed by atoms with Crippen molar-refractivity contribution >= 4 is 32.9 Å². The Bertz CT molecular complexity index is 1200. The maximum absolute atomic E-state index is 13.8. The normalized spacial score (nSPS) is 12.7. The fourth-order valence-electron chi connectivity index (χ4n) is 4.21. The second-order valence-corrected chi connectivity index (χ2v) is 7.79. The molecule has 0 spiro atoms. The van der Waals surface area contributed by atoms with Crippen molar-refractivity contribution in [3.8, 4) is 11.5 Å². The Labute approximate surface area is 170 Å². The van der Waals surface area contributed by atoms with Crippen LogP contribution in [0.3, 0.4) is 0 Å². The Morgan fingerprint density at radius 2 is 1.38 bits per heavy atom. The lowest BCUT2D eigenvalue weighted by Crippen LogP contribution is -2.22. The highest BCUT2D eigenvalue weighted by atomic mass is 19.1. The van der Waals surface area contributed by atoms with E-state index >= 15 is 0 Å². The number of hydrogen-bond acceptors (Lipinski definition) is 2. The van der Waals surface area contributed by atoms with Crippen LogP contribution in [0.2, 0.25) is 0 Å². The summed E-state index contributed by atoms with van der Waals surface area (Å²) in [4.78, 5) is 2.35. The molecule has 0 bridgehead atoms. The van der Waals surface area contributed by atoms with E-state index in [-0.39, 0.29) is 5.82 Å². The summed E-state index contributed by atoms with van der Waals surface area (Å²) in [7, 11) is 0. The molecule has 0 atom stereocenters. The maximum atomic E-state index is 13.8. The fourth-order valence-corrected chi connectivity index (χ4v) is 4.21. The average Bonchev–Trinajstić information content (AvgIpc) is 2.73. The molecule has 29 heavy (non-hydrogen) atoms. The predicted octanol–water partition coefficient (Wildman–Crippen LogP) is 7.96. The molecular formula is C26H24FNO. The lowest BCUT2D eigenvalue weighted by atomic mass is 10.0. The first kappa shape index (κ1) is 18.0. The van der Waals surface area contributed by atoms with Gasteiger partial charge >= 0.3 is 0 Å². The monoisotopic (exact) mass is 385 g/mol. The van der Waals surface area contributed by atoms with E-state index in [9.17, 15) is 4.39 Å². The second kappa shape index (κ2) is 7.40. The lowest BCUT2D eigenvalue weighted by Gasteiger charge is -2.33. The first-order valence-corrected chi connectivity index (χ1v) is 10.4. The molecule has 0 saturated heterocycles. The van der Waals surface area contributed by atoms with Crippen molar-refractivity contribution in [2.24, 2.45) is 0 Å². The van der Waals surface area contributed by atoms with Gasteiger partial charge in [-0.1, -0.05) is 56.5 Å². The number of benzene rings is 4. The molecule has 1 aliphatic rings. The van der Waals surface area contributed by atoms with E-state index in [1.807, 2.05) is 12.1 Å². The van der Waals surface area contributed by atoms with Crippen molar-refractivity contribution < 1.29 is 9.13 Å². The van der Waals surface area contributed by atoms with Gasteiger partial charge in [0.25, 0.3) is 0 Å². The largest absolute Gasteiger partial charge is 0.453 e. The van der Waals surface area contributed by atoms with E-state index in [1.165, 1.54) is 36.1 Å². The Hall–Kier alpha value is -3.07. The molecule has 0 aliphatic carbocycles. The molecule has 0 unspecified atom stereocenters. The number of anilines is 2. The summed E-state index contributed by atoms with van der Waals surface area (Å²) in [6.45, 7) is 3.15. The van der Waals surface area contributed by atoms with Gasteiger partial charge in [0.05, 0.1) is 11.4 Å². The summed E-state index contributed by atoms with van der Waals surface area (Å²) < 4.78 is 20.2. The molecular weight excluding hydrogens is 361 g/mol. The minimum atomic E-state index is -0.213. The van der Waals surface area contributed by atoms with Gasteiger partial charge in [-0.05, 0) is 64.4 Å². The van der Waals surface area contributed by atoms with Crippen molar-refractivity contribution in [3.63, 3.8) is 0 Å². The van der Waals surface area contributed by atoms with Crippen molar-refractivity contribution in [2.75, 3.05) is 11.4 Å². The number of nitrogens with zero attached hydrogens (tertiary/aromatic N) is 1. The van der Waals surface area contributed by atoms with E-state index in [4.69, 9.17) is 4.74 Å². The number of fused-ring (bicyclic) bond motifs is 4. The highest BCUT2D eigenvalue weighted by molar-refractivity contribution is 5.96. The molecule has 1 aliphatic heterocycles. The molecule has 146 valence electrons. The highest BCUT2D eigenvalue weighted by Gasteiger charge is 2.25. The fraction of sp³-hybridized carbons (Fsp3) is 0.231. The van der Waals surface area contributed by atoms with Crippen molar-refractivity contribution in [1.82, 2.24) is 0 Å². The van der Waals surface area contributed by atoms with Gasteiger partial charge in [0.1, 0.15) is 5.82 Å². The van der Waals surface area contributed by atoms with Gasteiger partial charge in [0, 0.05) is 6.54 Å². The van der Waals surface area contributed by atoms with E-state index in [0.29, 0.717) is 0 Å². The number of rotatable bonds is 5. The summed E-state index contributed by atoms with van der Waals surface area (Å²) in [5.41, 5.74) is 2.10. The van der Waals surface area contributed by atoms with Crippen LogP contribution in [0, 0.1) is 5.82 Å². The van der Waals surface area contributed by atoms with Crippen LogP contribution in [-0.4, -0.2) is 6.54 Å². The third-order valence-corrected chi connectivity index (χ3v) is 5.74. The van der Waals surface area contributed by atoms with Crippen LogP contribution in [-0.2, 0) is 0 Å². The second-order valence-electron chi connectivity index (χ2n) is 7.79. The molecule has 3 heteroatoms. The van der Waals surface area contributed by atoms with Crippen LogP contribution in [0.25, 0.3) is 21.5 Å². The average molecular weight is 385 g/mol. The van der Waals surface area contributed by atoms with Crippen LogP contribution in [0.15, 0.2) is 66.7 Å². The van der Waals surface area contributed by atoms with Gasteiger partial charge in [0.15, 0.2) is 11.5 Å². The molecule has 0 amide bonds. The first-order chi connectivity index (χ1) is 14.2. The van der Waals surface area contributed by atoms with Crippen LogP contribution in [0.4, 0.5) is 15.8 Å². The van der Waals surface area contributed by atoms with Crippen LogP contribution in [0.1, 0.15) is 32.6 Å². The molecule has 0 saturated carbocycles. The van der Waals surface area contributed by atoms with Crippen molar-refractivity contribution in [3.05, 3.63) is 72.5 Å². The number of halogens is 1. The first-order valence-electron chi connectivity index (χ1n) is 10.4. The number of hydrogen-bond donors (Lipinski definition) is 0. The minimum Gasteiger partial charge on any atom is -0.453 e. The summed E-state index contributed by atoms with van der Waals surface area (Å²) in [6, 6.07) is 21.7. The predicted molar refractivity (Wildman–Crippen MR) is 119 cm³/mol. The van der Waals surface area contributed by atoms with Crippen LogP contribution >= 0.6 is 0 Å². The van der Waals surface area contributed by atoms with E-state index < -0.39 is 0 Å². The highest BCUT2D eigenvalue weighted by Crippen LogP contribution is 2.49. The van der Waals surface area contributed by atoms with Gasteiger partial charge < -0.3 is 9.64 Å². The standard InChI is InChI=1S/C26H24FNO/c1-2-3-4-7-12-28-23-14-18-8-5-6-9-19(18)16-25(23)29-26-17-20-10-11-22(27)13-21(20)15-24(26)28/h5-6,8-11,13-17H,2-4,7,12H2,1H3. The molecule has 0 N–H and O–H groups in total. The van der Waals surface area contributed by atoms with E-state index in [1.54, 1.807) is 6.07 Å². The minimum absolute atomic E-state index is 0.213. The quantitative estimate of drug-likeness (QED) is 0.323. The third kappa shape index (κ3) is 3.31. The Balaban J connectivity index is 1.64. The van der Waals surface area contributed by atoms with E-state index in [2.05, 4.69) is 54.3 Å². The molecule has 5 rings (SSSR count). The van der Waals surface area contributed by atoms with Crippen LogP contribution < -0.4 is 9.64 Å². The van der Waals surface area contributed by atoms with Crippen molar-refractivity contribution in [2.45, 2.75) is 32.6 Å². The number of ether oxygens (including phenoxy) is 1. The van der Waals surface area contributed by atoms with Gasteiger partial charge in [-0.2, -0.15) is 0 Å². The van der Waals surface area contributed by atoms with Gasteiger partial charge in [0.2, 0.25) is 0 Å². The zero-order valence-electron chi connectivity index (χ0n) is 16.6. The summed E-state index contributed by atoms with van der Waals surface area (Å²) in [6.07, 6.45) is 4.77. The third-order valence-electron chi connectivity index (χ3n) is 5.74. The van der Waals surface area contributed by atoms with Gasteiger partial charge in [-0.25, -0.2) is 4.39 Å². The molecule has 4 aromatic carbocycles. The molecule has 4 aromatic rings. The maximum Gasteiger partial charge on any atom is 0.151 e. The zero-order chi connectivity index (χ0) is 19.8. The number of unbranched alkanes of at least 4 members (excludes halogenated alkanes) is 3. The molecule has 2 nitrogen and oxygen atoms in total. The zero-order valence-corrected chi connectivity index (χ0v) is 16.6. The Morgan fingerprint density at radius 3 is 2.10 bits per heavy atom. The molecule has 0 fully saturated rings. The summed E-state index contributed by atoms with van der Waals surface area (Å²) in [5.74, 6) is 1.51.